The van der Waals surface area contributed by atoms with Crippen molar-refractivity contribution >= 4 is 5.91 Å². The Labute approximate surface area is 108 Å². The van der Waals surface area contributed by atoms with Crippen molar-refractivity contribution in [2.75, 3.05) is 19.6 Å². The van der Waals surface area contributed by atoms with E-state index in [4.69, 9.17) is 10.2 Å². The quantitative estimate of drug-likeness (QED) is 0.885. The molecule has 1 atom stereocenters. The van der Waals surface area contributed by atoms with Gasteiger partial charge in [0.15, 0.2) is 0 Å². The van der Waals surface area contributed by atoms with Crippen LogP contribution in [0.25, 0.3) is 0 Å². The van der Waals surface area contributed by atoms with Crippen molar-refractivity contribution in [1.82, 2.24) is 4.90 Å². The number of furan rings is 1. The van der Waals surface area contributed by atoms with E-state index < -0.39 is 0 Å². The smallest absolute Gasteiger partial charge is 0.227 e. The number of rotatable bonds is 4. The van der Waals surface area contributed by atoms with E-state index in [1.165, 1.54) is 6.42 Å². The summed E-state index contributed by atoms with van der Waals surface area (Å²) in [6, 6.07) is 1.92. The molecule has 1 saturated heterocycles. The fourth-order valence-corrected chi connectivity index (χ4v) is 2.48. The van der Waals surface area contributed by atoms with Crippen LogP contribution in [0.3, 0.4) is 0 Å². The first-order chi connectivity index (χ1) is 8.72. The number of carbonyl (C=O) groups excluding carboxylic acids is 1. The molecule has 0 spiro atoms. The molecule has 4 nitrogen and oxygen atoms in total. The van der Waals surface area contributed by atoms with Crippen LogP contribution in [-0.2, 0) is 11.2 Å². The summed E-state index contributed by atoms with van der Waals surface area (Å²) in [5.41, 5.74) is 6.85. The maximum absolute atomic E-state index is 12.4. The number of piperidine rings is 1. The number of hydrogen-bond acceptors (Lipinski definition) is 3. The number of hydrogen-bond donors (Lipinski definition) is 1. The third-order valence-electron chi connectivity index (χ3n) is 3.70. The van der Waals surface area contributed by atoms with Crippen LogP contribution in [0.5, 0.6) is 0 Å². The number of aryl methyl sites for hydroxylation is 1. The van der Waals surface area contributed by atoms with E-state index >= 15 is 0 Å². The molecule has 4 heteroatoms. The Morgan fingerprint density at radius 1 is 1.44 bits per heavy atom. The zero-order chi connectivity index (χ0) is 13.0. The highest BCUT2D eigenvalue weighted by Crippen LogP contribution is 2.18. The van der Waals surface area contributed by atoms with Gasteiger partial charge in [0.05, 0.1) is 12.2 Å². The van der Waals surface area contributed by atoms with E-state index in [2.05, 4.69) is 0 Å². The Morgan fingerprint density at radius 3 is 2.72 bits per heavy atom. The van der Waals surface area contributed by atoms with Gasteiger partial charge in [-0.05, 0) is 37.8 Å². The number of amides is 1. The first-order valence-electron chi connectivity index (χ1n) is 6.74. The van der Waals surface area contributed by atoms with Gasteiger partial charge in [0.1, 0.15) is 5.76 Å². The van der Waals surface area contributed by atoms with Crippen LogP contribution in [-0.4, -0.2) is 30.4 Å². The average Bonchev–Trinajstić information content (AvgIpc) is 2.81. The highest BCUT2D eigenvalue weighted by Gasteiger charge is 2.25. The summed E-state index contributed by atoms with van der Waals surface area (Å²) in [5, 5.41) is 0. The maximum atomic E-state index is 12.4. The van der Waals surface area contributed by atoms with Crippen LogP contribution in [0.1, 0.15) is 30.6 Å². The monoisotopic (exact) mass is 250 g/mol. The lowest BCUT2D eigenvalue weighted by Gasteiger charge is -2.29. The SMILES string of the molecule is Cc1ccoc1CC(CN)C(=O)N1CCCCC1. The van der Waals surface area contributed by atoms with Gasteiger partial charge in [-0.2, -0.15) is 0 Å². The summed E-state index contributed by atoms with van der Waals surface area (Å²) in [6.45, 7) is 4.15. The molecule has 1 unspecified atom stereocenters. The molecule has 100 valence electrons. The van der Waals surface area contributed by atoms with Crippen LogP contribution in [0, 0.1) is 12.8 Å². The molecule has 2 N–H and O–H groups in total. The standard InChI is InChI=1S/C14H22N2O2/c1-11-5-8-18-13(11)9-12(10-15)14(17)16-6-3-2-4-7-16/h5,8,12H,2-4,6-7,9-10,15H2,1H3. The molecule has 0 saturated carbocycles. The molecule has 1 aromatic heterocycles. The van der Waals surface area contributed by atoms with Crippen molar-refractivity contribution in [2.24, 2.45) is 11.7 Å². The van der Waals surface area contributed by atoms with Crippen LogP contribution < -0.4 is 5.73 Å². The molecule has 0 aliphatic carbocycles. The lowest BCUT2D eigenvalue weighted by atomic mass is 9.99. The van der Waals surface area contributed by atoms with Crippen LogP contribution in [0.4, 0.5) is 0 Å². The lowest BCUT2D eigenvalue weighted by Crippen LogP contribution is -2.42. The maximum Gasteiger partial charge on any atom is 0.227 e. The van der Waals surface area contributed by atoms with Crippen LogP contribution >= 0.6 is 0 Å². The first-order valence-corrected chi connectivity index (χ1v) is 6.74. The van der Waals surface area contributed by atoms with Gasteiger partial charge < -0.3 is 15.1 Å². The van der Waals surface area contributed by atoms with Crippen molar-refractivity contribution in [3.63, 3.8) is 0 Å². The minimum absolute atomic E-state index is 0.145. The fraction of sp³-hybridized carbons (Fsp3) is 0.643. The second kappa shape index (κ2) is 6.05. The van der Waals surface area contributed by atoms with E-state index in [1.807, 2.05) is 17.9 Å². The van der Waals surface area contributed by atoms with Gasteiger partial charge in [-0.1, -0.05) is 0 Å². The molecule has 0 bridgehead atoms. The number of likely N-dealkylation sites (tertiary alicyclic amines) is 1. The second-order valence-corrected chi connectivity index (χ2v) is 5.05. The molecule has 0 radical (unpaired) electrons. The van der Waals surface area contributed by atoms with Crippen molar-refractivity contribution in [1.29, 1.82) is 0 Å². The molecular formula is C14H22N2O2. The number of carbonyl (C=O) groups is 1. The van der Waals surface area contributed by atoms with E-state index in [1.54, 1.807) is 6.26 Å². The molecule has 1 aromatic rings. The third kappa shape index (κ3) is 2.93. The lowest BCUT2D eigenvalue weighted by molar-refractivity contribution is -0.136. The molecule has 2 heterocycles. The first kappa shape index (κ1) is 13.1. The van der Waals surface area contributed by atoms with Gasteiger partial charge in [0, 0.05) is 26.1 Å². The van der Waals surface area contributed by atoms with Gasteiger partial charge in [0.2, 0.25) is 5.91 Å². The Balaban J connectivity index is 1.99. The highest BCUT2D eigenvalue weighted by molar-refractivity contribution is 5.79. The Morgan fingerprint density at radius 2 is 2.17 bits per heavy atom. The average molecular weight is 250 g/mol. The second-order valence-electron chi connectivity index (χ2n) is 5.05. The zero-order valence-electron chi connectivity index (χ0n) is 11.0. The Bertz CT molecular complexity index is 394. The zero-order valence-corrected chi connectivity index (χ0v) is 11.0. The van der Waals surface area contributed by atoms with Crippen molar-refractivity contribution < 1.29 is 9.21 Å². The molecule has 1 amide bonds. The molecule has 0 aromatic carbocycles. The van der Waals surface area contributed by atoms with Crippen LogP contribution in [0.15, 0.2) is 16.7 Å². The largest absolute Gasteiger partial charge is 0.469 e. The molecular weight excluding hydrogens is 228 g/mol. The van der Waals surface area contributed by atoms with Crippen molar-refractivity contribution in [2.45, 2.75) is 32.6 Å². The van der Waals surface area contributed by atoms with Gasteiger partial charge in [0.25, 0.3) is 0 Å². The minimum Gasteiger partial charge on any atom is -0.469 e. The van der Waals surface area contributed by atoms with Gasteiger partial charge in [-0.15, -0.1) is 0 Å². The van der Waals surface area contributed by atoms with Gasteiger partial charge >= 0.3 is 0 Å². The number of nitrogens with zero attached hydrogens (tertiary/aromatic N) is 1. The summed E-state index contributed by atoms with van der Waals surface area (Å²) in [7, 11) is 0. The summed E-state index contributed by atoms with van der Waals surface area (Å²) < 4.78 is 5.41. The highest BCUT2D eigenvalue weighted by atomic mass is 16.3. The normalized spacial score (nSPS) is 17.8. The van der Waals surface area contributed by atoms with Crippen molar-refractivity contribution in [3.8, 4) is 0 Å². The number of nitrogens with two attached hydrogens (primary N) is 1. The third-order valence-corrected chi connectivity index (χ3v) is 3.70. The van der Waals surface area contributed by atoms with E-state index in [0.717, 1.165) is 37.3 Å². The summed E-state index contributed by atoms with van der Waals surface area (Å²) in [5.74, 6) is 0.928. The summed E-state index contributed by atoms with van der Waals surface area (Å²) >= 11 is 0. The van der Waals surface area contributed by atoms with Gasteiger partial charge in [-0.3, -0.25) is 4.79 Å². The van der Waals surface area contributed by atoms with Crippen molar-refractivity contribution in [3.05, 3.63) is 23.7 Å². The van der Waals surface area contributed by atoms with Gasteiger partial charge in [-0.25, -0.2) is 0 Å². The van der Waals surface area contributed by atoms with E-state index in [0.29, 0.717) is 13.0 Å². The molecule has 18 heavy (non-hydrogen) atoms. The Kier molecular flexibility index (Phi) is 4.42. The predicted octanol–water partition coefficient (Wildman–Crippen LogP) is 1.72. The predicted molar refractivity (Wildman–Crippen MR) is 70.1 cm³/mol. The van der Waals surface area contributed by atoms with E-state index in [9.17, 15) is 4.79 Å². The topological polar surface area (TPSA) is 59.5 Å². The summed E-state index contributed by atoms with van der Waals surface area (Å²) in [4.78, 5) is 14.3. The Hall–Kier alpha value is -1.29. The minimum atomic E-state index is -0.145. The molecule has 1 fully saturated rings. The fourth-order valence-electron chi connectivity index (χ4n) is 2.48. The molecule has 1 aliphatic rings. The molecule has 2 rings (SSSR count). The van der Waals surface area contributed by atoms with E-state index in [-0.39, 0.29) is 11.8 Å². The molecule has 1 aliphatic heterocycles. The van der Waals surface area contributed by atoms with Crippen LogP contribution in [0.2, 0.25) is 0 Å². The summed E-state index contributed by atoms with van der Waals surface area (Å²) in [6.07, 6.45) is 5.74.